The van der Waals surface area contributed by atoms with Gasteiger partial charge in [0.05, 0.1) is 0 Å². The molecule has 0 aliphatic carbocycles. The second-order valence-corrected chi connectivity index (χ2v) is 9.37. The Bertz CT molecular complexity index is 1270. The van der Waals surface area contributed by atoms with Gasteiger partial charge in [-0.1, -0.05) is 94.4 Å². The number of nitrogen functional groups attached to an aromatic ring is 2. The van der Waals surface area contributed by atoms with E-state index in [9.17, 15) is 0 Å². The van der Waals surface area contributed by atoms with Crippen LogP contribution in [-0.4, -0.2) is 0 Å². The maximum atomic E-state index is 6.81. The van der Waals surface area contributed by atoms with E-state index in [2.05, 4.69) is 100 Å². The molecule has 0 radical (unpaired) electrons. The van der Waals surface area contributed by atoms with Gasteiger partial charge in [-0.25, -0.2) is 0 Å². The van der Waals surface area contributed by atoms with E-state index in [1.165, 1.54) is 33.4 Å². The first-order chi connectivity index (χ1) is 16.5. The fourth-order valence-electron chi connectivity index (χ4n) is 4.84. The van der Waals surface area contributed by atoms with Gasteiger partial charge in [-0.05, 0) is 81.8 Å². The molecule has 0 fully saturated rings. The lowest BCUT2D eigenvalue weighted by atomic mass is 9.80. The highest BCUT2D eigenvalue weighted by molar-refractivity contribution is 6.01. The van der Waals surface area contributed by atoms with Crippen LogP contribution in [0.2, 0.25) is 0 Å². The standard InChI is InChI=1S/C32H36N2/c1-5-21(3)25-11-7-9-13-28(25)31-27(23-15-17-24(33)18-16-23)19-20-30(34)32(31)29-14-10-8-12-26(29)22(4)6-2/h7-22H,5-6,33-34H2,1-4H3. The van der Waals surface area contributed by atoms with Crippen LogP contribution in [0.5, 0.6) is 0 Å². The van der Waals surface area contributed by atoms with Gasteiger partial charge in [0.15, 0.2) is 0 Å². The Hall–Kier alpha value is -3.52. The number of benzene rings is 4. The largest absolute Gasteiger partial charge is 0.399 e. The van der Waals surface area contributed by atoms with Gasteiger partial charge < -0.3 is 11.5 Å². The molecule has 0 spiro atoms. The van der Waals surface area contributed by atoms with Gasteiger partial charge in [0.1, 0.15) is 0 Å². The minimum atomic E-state index is 0.438. The molecule has 0 bridgehead atoms. The molecule has 4 aromatic carbocycles. The second-order valence-electron chi connectivity index (χ2n) is 9.37. The van der Waals surface area contributed by atoms with Crippen LogP contribution in [0.1, 0.15) is 63.5 Å². The first kappa shape index (κ1) is 23.6. The Morgan fingerprint density at radius 2 is 1.06 bits per heavy atom. The normalized spacial score (nSPS) is 12.9. The van der Waals surface area contributed by atoms with Crippen molar-refractivity contribution in [2.45, 2.75) is 52.4 Å². The van der Waals surface area contributed by atoms with E-state index in [1.807, 2.05) is 12.1 Å². The topological polar surface area (TPSA) is 52.0 Å². The van der Waals surface area contributed by atoms with Crippen LogP contribution in [0, 0.1) is 0 Å². The molecule has 0 aliphatic heterocycles. The summed E-state index contributed by atoms with van der Waals surface area (Å²) in [5.41, 5.74) is 24.2. The third-order valence-corrected chi connectivity index (χ3v) is 7.21. The molecule has 0 aromatic heterocycles. The van der Waals surface area contributed by atoms with E-state index < -0.39 is 0 Å². The first-order valence-electron chi connectivity index (χ1n) is 12.4. The lowest BCUT2D eigenvalue weighted by Gasteiger charge is -2.24. The number of nitrogens with two attached hydrogens (primary N) is 2. The summed E-state index contributed by atoms with van der Waals surface area (Å²) >= 11 is 0. The Morgan fingerprint density at radius 1 is 0.559 bits per heavy atom. The van der Waals surface area contributed by atoms with E-state index in [-0.39, 0.29) is 0 Å². The molecule has 4 N–H and O–H groups in total. The summed E-state index contributed by atoms with van der Waals surface area (Å²) in [5.74, 6) is 0.878. The van der Waals surface area contributed by atoms with E-state index in [1.54, 1.807) is 0 Å². The molecule has 0 heterocycles. The SMILES string of the molecule is CCC(C)c1ccccc1-c1c(N)ccc(-c2ccc(N)cc2)c1-c1ccccc1C(C)CC. The Kier molecular flexibility index (Phi) is 7.07. The van der Waals surface area contributed by atoms with Crippen LogP contribution in [0.15, 0.2) is 84.9 Å². The van der Waals surface area contributed by atoms with Gasteiger partial charge in [-0.2, -0.15) is 0 Å². The second kappa shape index (κ2) is 10.2. The Morgan fingerprint density at radius 3 is 1.59 bits per heavy atom. The van der Waals surface area contributed by atoms with Crippen molar-refractivity contribution in [3.8, 4) is 33.4 Å². The van der Waals surface area contributed by atoms with E-state index in [0.717, 1.165) is 35.3 Å². The van der Waals surface area contributed by atoms with Gasteiger partial charge >= 0.3 is 0 Å². The highest BCUT2D eigenvalue weighted by atomic mass is 14.6. The van der Waals surface area contributed by atoms with Crippen LogP contribution in [-0.2, 0) is 0 Å². The Balaban J connectivity index is 2.13. The highest BCUT2D eigenvalue weighted by Gasteiger charge is 2.23. The van der Waals surface area contributed by atoms with Gasteiger partial charge in [0.2, 0.25) is 0 Å². The highest BCUT2D eigenvalue weighted by Crippen LogP contribution is 2.47. The molecule has 4 rings (SSSR count). The molecular weight excluding hydrogens is 412 g/mol. The monoisotopic (exact) mass is 448 g/mol. The van der Waals surface area contributed by atoms with Gasteiger partial charge in [-0.3, -0.25) is 0 Å². The maximum absolute atomic E-state index is 6.81. The molecule has 2 heteroatoms. The van der Waals surface area contributed by atoms with Crippen LogP contribution in [0.3, 0.4) is 0 Å². The number of anilines is 2. The van der Waals surface area contributed by atoms with Crippen LogP contribution >= 0.6 is 0 Å². The zero-order valence-electron chi connectivity index (χ0n) is 20.8. The van der Waals surface area contributed by atoms with Crippen LogP contribution < -0.4 is 11.5 Å². The molecule has 174 valence electrons. The molecule has 2 atom stereocenters. The summed E-state index contributed by atoms with van der Waals surface area (Å²) in [7, 11) is 0. The van der Waals surface area contributed by atoms with Crippen LogP contribution in [0.4, 0.5) is 11.4 Å². The van der Waals surface area contributed by atoms with E-state index in [0.29, 0.717) is 11.8 Å². The van der Waals surface area contributed by atoms with Crippen molar-refractivity contribution >= 4 is 11.4 Å². The summed E-state index contributed by atoms with van der Waals surface area (Å²) in [6, 6.07) is 30.0. The van der Waals surface area contributed by atoms with Gasteiger partial charge in [0, 0.05) is 16.9 Å². The number of hydrogen-bond acceptors (Lipinski definition) is 2. The van der Waals surface area contributed by atoms with Crippen molar-refractivity contribution in [3.05, 3.63) is 96.1 Å². The lowest BCUT2D eigenvalue weighted by Crippen LogP contribution is -2.03. The maximum Gasteiger partial charge on any atom is 0.0400 e. The average Bonchev–Trinajstić information content (AvgIpc) is 2.88. The summed E-state index contributed by atoms with van der Waals surface area (Å²) in [6.45, 7) is 9.10. The third kappa shape index (κ3) is 4.46. The van der Waals surface area contributed by atoms with Crippen molar-refractivity contribution in [2.75, 3.05) is 11.5 Å². The molecule has 0 amide bonds. The van der Waals surface area contributed by atoms with E-state index in [4.69, 9.17) is 11.5 Å². The minimum absolute atomic E-state index is 0.438. The zero-order chi connectivity index (χ0) is 24.2. The average molecular weight is 449 g/mol. The molecule has 0 saturated heterocycles. The minimum Gasteiger partial charge on any atom is -0.399 e. The van der Waals surface area contributed by atoms with Crippen LogP contribution in [0.25, 0.3) is 33.4 Å². The molecule has 0 aliphatic rings. The molecule has 2 unspecified atom stereocenters. The summed E-state index contributed by atoms with van der Waals surface area (Å²) < 4.78 is 0. The summed E-state index contributed by atoms with van der Waals surface area (Å²) in [4.78, 5) is 0. The van der Waals surface area contributed by atoms with Crippen molar-refractivity contribution < 1.29 is 0 Å². The predicted octanol–water partition coefficient (Wildman–Crippen LogP) is 8.88. The summed E-state index contributed by atoms with van der Waals surface area (Å²) in [5, 5.41) is 0. The third-order valence-electron chi connectivity index (χ3n) is 7.21. The van der Waals surface area contributed by atoms with Crippen molar-refractivity contribution in [3.63, 3.8) is 0 Å². The Labute approximate surface area is 204 Å². The first-order valence-corrected chi connectivity index (χ1v) is 12.4. The molecule has 0 saturated carbocycles. The molecule has 34 heavy (non-hydrogen) atoms. The predicted molar refractivity (Wildman–Crippen MR) is 149 cm³/mol. The van der Waals surface area contributed by atoms with Crippen molar-refractivity contribution in [1.29, 1.82) is 0 Å². The fraction of sp³-hybridized carbons (Fsp3) is 0.250. The summed E-state index contributed by atoms with van der Waals surface area (Å²) in [6.07, 6.45) is 2.16. The smallest absolute Gasteiger partial charge is 0.0400 e. The zero-order valence-corrected chi connectivity index (χ0v) is 20.8. The van der Waals surface area contributed by atoms with Crippen molar-refractivity contribution in [1.82, 2.24) is 0 Å². The van der Waals surface area contributed by atoms with Crippen molar-refractivity contribution in [2.24, 2.45) is 0 Å². The molecular formula is C32H36N2. The van der Waals surface area contributed by atoms with Gasteiger partial charge in [-0.15, -0.1) is 0 Å². The quantitative estimate of drug-likeness (QED) is 0.277. The molecule has 2 nitrogen and oxygen atoms in total. The fourth-order valence-corrected chi connectivity index (χ4v) is 4.84. The number of rotatable bonds is 7. The number of hydrogen-bond donors (Lipinski definition) is 2. The van der Waals surface area contributed by atoms with Gasteiger partial charge in [0.25, 0.3) is 0 Å². The molecule has 4 aromatic rings. The lowest BCUT2D eigenvalue weighted by molar-refractivity contribution is 0.734. The van der Waals surface area contributed by atoms with E-state index >= 15 is 0 Å².